The van der Waals surface area contributed by atoms with E-state index < -0.39 is 10.0 Å². The molecular weight excluding hydrogens is 422 g/mol. The number of sulfonamides is 1. The van der Waals surface area contributed by atoms with E-state index in [4.69, 9.17) is 0 Å². The second kappa shape index (κ2) is 10.7. The molecule has 3 N–H and O–H groups in total. The minimum atomic E-state index is -3.14. The molecular formula is C13H22FIN4O2S. The van der Waals surface area contributed by atoms with Gasteiger partial charge in [-0.05, 0) is 24.1 Å². The van der Waals surface area contributed by atoms with Gasteiger partial charge in [-0.2, -0.15) is 0 Å². The first-order valence-corrected chi connectivity index (χ1v) is 8.43. The fourth-order valence-corrected chi connectivity index (χ4v) is 2.12. The molecule has 0 radical (unpaired) electrons. The Labute approximate surface area is 148 Å². The molecule has 0 atom stereocenters. The summed E-state index contributed by atoms with van der Waals surface area (Å²) in [6, 6.07) is 6.32. The van der Waals surface area contributed by atoms with Crippen molar-refractivity contribution in [1.29, 1.82) is 0 Å². The van der Waals surface area contributed by atoms with Gasteiger partial charge in [0.15, 0.2) is 5.96 Å². The summed E-state index contributed by atoms with van der Waals surface area (Å²) in [5, 5.41) is 6.10. The molecule has 22 heavy (non-hydrogen) atoms. The van der Waals surface area contributed by atoms with Gasteiger partial charge in [-0.15, -0.1) is 24.0 Å². The average Bonchev–Trinajstić information content (AvgIpc) is 2.40. The number of rotatable bonds is 7. The lowest BCUT2D eigenvalue weighted by atomic mass is 10.2. The molecule has 9 heteroatoms. The number of nitrogens with zero attached hydrogens (tertiary/aromatic N) is 1. The molecule has 0 aliphatic heterocycles. The Balaban J connectivity index is 0.00000441. The Kier molecular flexibility index (Phi) is 10.3. The van der Waals surface area contributed by atoms with Crippen molar-refractivity contribution >= 4 is 40.0 Å². The maximum absolute atomic E-state index is 13.0. The summed E-state index contributed by atoms with van der Waals surface area (Å²) in [4.78, 5) is 4.03. The maximum Gasteiger partial charge on any atom is 0.208 e. The van der Waals surface area contributed by atoms with Crippen LogP contribution in [0.25, 0.3) is 0 Å². The van der Waals surface area contributed by atoms with Crippen molar-refractivity contribution in [3.63, 3.8) is 0 Å². The Morgan fingerprint density at radius 2 is 2.00 bits per heavy atom. The molecule has 0 saturated heterocycles. The Morgan fingerprint density at radius 1 is 1.27 bits per heavy atom. The van der Waals surface area contributed by atoms with Gasteiger partial charge in [-0.1, -0.05) is 12.1 Å². The van der Waals surface area contributed by atoms with Crippen LogP contribution in [0.4, 0.5) is 4.39 Å². The highest BCUT2D eigenvalue weighted by Gasteiger charge is 2.01. The molecule has 6 nitrogen and oxygen atoms in total. The van der Waals surface area contributed by atoms with E-state index in [0.717, 1.165) is 11.8 Å². The summed E-state index contributed by atoms with van der Waals surface area (Å²) >= 11 is 0. The van der Waals surface area contributed by atoms with E-state index in [2.05, 4.69) is 20.3 Å². The molecule has 0 aromatic heterocycles. The van der Waals surface area contributed by atoms with Gasteiger partial charge in [0.05, 0.1) is 6.26 Å². The van der Waals surface area contributed by atoms with Gasteiger partial charge in [0, 0.05) is 26.7 Å². The smallest absolute Gasteiger partial charge is 0.208 e. The monoisotopic (exact) mass is 444 g/mol. The SMILES string of the molecule is CN=C(NCCCNS(C)(=O)=O)NCc1cccc(F)c1.I. The molecule has 0 aliphatic carbocycles. The van der Waals surface area contributed by atoms with Crippen LogP contribution in [-0.2, 0) is 16.6 Å². The van der Waals surface area contributed by atoms with E-state index in [1.54, 1.807) is 13.1 Å². The fraction of sp³-hybridized carbons (Fsp3) is 0.462. The predicted octanol–water partition coefficient (Wildman–Crippen LogP) is 1.05. The van der Waals surface area contributed by atoms with Crippen molar-refractivity contribution in [3.05, 3.63) is 35.6 Å². The van der Waals surface area contributed by atoms with Crippen LogP contribution < -0.4 is 15.4 Å². The molecule has 0 bridgehead atoms. The van der Waals surface area contributed by atoms with Crippen LogP contribution in [0.3, 0.4) is 0 Å². The van der Waals surface area contributed by atoms with Gasteiger partial charge in [0.25, 0.3) is 0 Å². The molecule has 0 aliphatic rings. The lowest BCUT2D eigenvalue weighted by Crippen LogP contribution is -2.38. The van der Waals surface area contributed by atoms with Crippen LogP contribution in [0.5, 0.6) is 0 Å². The first-order chi connectivity index (χ1) is 9.90. The summed E-state index contributed by atoms with van der Waals surface area (Å²) in [6.45, 7) is 1.40. The second-order valence-electron chi connectivity index (χ2n) is 4.50. The van der Waals surface area contributed by atoms with Crippen LogP contribution in [0.1, 0.15) is 12.0 Å². The third-order valence-corrected chi connectivity index (χ3v) is 3.31. The quantitative estimate of drug-likeness (QED) is 0.254. The minimum Gasteiger partial charge on any atom is -0.356 e. The molecule has 0 unspecified atom stereocenters. The average molecular weight is 444 g/mol. The maximum atomic E-state index is 13.0. The van der Waals surface area contributed by atoms with Gasteiger partial charge in [0.2, 0.25) is 10.0 Å². The van der Waals surface area contributed by atoms with E-state index in [1.807, 2.05) is 6.07 Å². The third-order valence-electron chi connectivity index (χ3n) is 2.58. The van der Waals surface area contributed by atoms with Crippen LogP contribution in [0, 0.1) is 5.82 Å². The van der Waals surface area contributed by atoms with Crippen molar-refractivity contribution in [2.24, 2.45) is 4.99 Å². The zero-order valence-electron chi connectivity index (χ0n) is 12.6. The standard InChI is InChI=1S/C13H21FN4O2S.HI/c1-15-13(16-7-4-8-18-21(2,19)20)17-10-11-5-3-6-12(14)9-11;/h3,5-6,9,18H,4,7-8,10H2,1-2H3,(H2,15,16,17);1H. The second-order valence-corrected chi connectivity index (χ2v) is 6.34. The van der Waals surface area contributed by atoms with Gasteiger partial charge in [0.1, 0.15) is 5.82 Å². The number of halogens is 2. The first-order valence-electron chi connectivity index (χ1n) is 6.54. The molecule has 1 aromatic carbocycles. The summed E-state index contributed by atoms with van der Waals surface area (Å²) in [6.07, 6.45) is 1.76. The lowest BCUT2D eigenvalue weighted by Gasteiger charge is -2.12. The Bertz CT molecular complexity index is 581. The van der Waals surface area contributed by atoms with E-state index in [0.29, 0.717) is 32.0 Å². The van der Waals surface area contributed by atoms with Crippen LogP contribution in [0.2, 0.25) is 0 Å². The number of hydrogen-bond donors (Lipinski definition) is 3. The highest BCUT2D eigenvalue weighted by atomic mass is 127. The zero-order valence-corrected chi connectivity index (χ0v) is 15.7. The number of guanidine groups is 1. The Morgan fingerprint density at radius 3 is 2.59 bits per heavy atom. The molecule has 0 amide bonds. The van der Waals surface area contributed by atoms with Gasteiger partial charge in [-0.3, -0.25) is 4.99 Å². The molecule has 1 aromatic rings. The highest BCUT2D eigenvalue weighted by Crippen LogP contribution is 2.02. The van der Waals surface area contributed by atoms with Crippen LogP contribution >= 0.6 is 24.0 Å². The molecule has 126 valence electrons. The minimum absolute atomic E-state index is 0. The normalized spacial score (nSPS) is 11.7. The van der Waals surface area contributed by atoms with Crippen molar-refractivity contribution in [1.82, 2.24) is 15.4 Å². The molecule has 1 rings (SSSR count). The fourth-order valence-electron chi connectivity index (χ4n) is 1.61. The van der Waals surface area contributed by atoms with Gasteiger partial charge in [-0.25, -0.2) is 17.5 Å². The van der Waals surface area contributed by atoms with Crippen molar-refractivity contribution in [2.75, 3.05) is 26.4 Å². The lowest BCUT2D eigenvalue weighted by molar-refractivity contribution is 0.584. The van der Waals surface area contributed by atoms with Gasteiger partial charge >= 0.3 is 0 Å². The Hall–Kier alpha value is -0.940. The largest absolute Gasteiger partial charge is 0.356 e. The van der Waals surface area contributed by atoms with Crippen LogP contribution in [0.15, 0.2) is 29.3 Å². The summed E-state index contributed by atoms with van der Waals surface area (Å²) in [7, 11) is -1.51. The molecule has 0 saturated carbocycles. The first kappa shape index (κ1) is 21.1. The van der Waals surface area contributed by atoms with E-state index >= 15 is 0 Å². The van der Waals surface area contributed by atoms with Crippen LogP contribution in [-0.4, -0.2) is 40.8 Å². The number of benzene rings is 1. The van der Waals surface area contributed by atoms with E-state index in [9.17, 15) is 12.8 Å². The number of hydrogen-bond acceptors (Lipinski definition) is 3. The zero-order chi connectivity index (χ0) is 15.7. The molecule has 0 spiro atoms. The summed E-state index contributed by atoms with van der Waals surface area (Å²) < 4.78 is 37.2. The molecule has 0 heterocycles. The third kappa shape index (κ3) is 9.90. The van der Waals surface area contributed by atoms with Crippen molar-refractivity contribution in [2.45, 2.75) is 13.0 Å². The van der Waals surface area contributed by atoms with E-state index in [1.165, 1.54) is 12.1 Å². The van der Waals surface area contributed by atoms with Crippen molar-refractivity contribution in [3.8, 4) is 0 Å². The number of nitrogens with one attached hydrogen (secondary N) is 3. The summed E-state index contributed by atoms with van der Waals surface area (Å²) in [5.41, 5.74) is 0.816. The van der Waals surface area contributed by atoms with E-state index in [-0.39, 0.29) is 29.8 Å². The van der Waals surface area contributed by atoms with Crippen molar-refractivity contribution < 1.29 is 12.8 Å². The predicted molar refractivity (Wildman–Crippen MR) is 97.5 cm³/mol. The summed E-state index contributed by atoms with van der Waals surface area (Å²) in [5.74, 6) is 0.308. The number of aliphatic imine (C=N–C) groups is 1. The highest BCUT2D eigenvalue weighted by molar-refractivity contribution is 14.0. The topological polar surface area (TPSA) is 82.6 Å². The molecule has 0 fully saturated rings. The van der Waals surface area contributed by atoms with Gasteiger partial charge < -0.3 is 10.6 Å².